The molecule has 0 aromatic heterocycles. The van der Waals surface area contributed by atoms with Crippen molar-refractivity contribution in [2.45, 2.75) is 212 Å². The number of hydrogen-bond acceptors (Lipinski definition) is 19. The summed E-state index contributed by atoms with van der Waals surface area (Å²) in [5.74, 6) is -19.9. The second-order valence-electron chi connectivity index (χ2n) is 27.3. The SMILES string of the molecule is CC[C@H](C)[C@H](NC(=O)[C@H](Cc1ccccc1)NC(=O)[C@H](Cc1ccccc1)NC(=O)[C@H](CC(N)=O)NC(=O)[C@H](CCCN=C(N)N)NC(=O)[C@@H](NC(=O)[C@H](CC(C)C)NC(=O)[C@@H](NC(=O)[C@@H](NC(=O)[C@@H](N)CC(=O)O)[C@@H](C)O)[C@@H](C)CC)C(C)C)C(=O)N[C@@H](CC(=O)O)C(=O)N[C@@H](Cc1ccc(O)cc1)C(=O)O. The Bertz CT molecular complexity index is 3600. The summed E-state index contributed by atoms with van der Waals surface area (Å²) >= 11 is 0. The van der Waals surface area contributed by atoms with Crippen LogP contribution in [0.4, 0.5) is 0 Å². The molecule has 0 saturated carbocycles. The summed E-state index contributed by atoms with van der Waals surface area (Å²) in [4.78, 5) is 209. The van der Waals surface area contributed by atoms with Gasteiger partial charge in [0.2, 0.25) is 70.9 Å². The number of carboxylic acids is 3. The van der Waals surface area contributed by atoms with E-state index in [9.17, 15) is 92.3 Å². The Balaban J connectivity index is 2.02. The molecule has 0 radical (unpaired) electrons. The van der Waals surface area contributed by atoms with Crippen molar-refractivity contribution in [3.05, 3.63) is 102 Å². The number of aliphatic hydroxyl groups excluding tert-OH is 1. The summed E-state index contributed by atoms with van der Waals surface area (Å²) in [5.41, 5.74) is 23.8. The fourth-order valence-corrected chi connectivity index (χ4v) is 11.0. The number of carboxylic acid groups (broad SMARTS) is 3. The summed E-state index contributed by atoms with van der Waals surface area (Å²) in [5, 5.41) is 76.7. The van der Waals surface area contributed by atoms with E-state index in [1.54, 1.807) is 116 Å². The number of hydrogen-bond donors (Lipinski definition) is 20. The quantitative estimate of drug-likeness (QED) is 0.0154. The van der Waals surface area contributed by atoms with Gasteiger partial charge in [-0.15, -0.1) is 0 Å². The van der Waals surface area contributed by atoms with E-state index in [1.165, 1.54) is 24.3 Å². The van der Waals surface area contributed by atoms with E-state index in [1.807, 2.05) is 0 Å². The van der Waals surface area contributed by atoms with Gasteiger partial charge in [-0.2, -0.15) is 0 Å². The van der Waals surface area contributed by atoms with Crippen LogP contribution in [-0.2, 0) is 91.2 Å². The number of aliphatic hydroxyl groups is 1. The van der Waals surface area contributed by atoms with E-state index in [0.29, 0.717) is 16.7 Å². The molecule has 0 aliphatic heterocycles. The monoisotopic (exact) mass is 1510 g/mol. The molecule has 0 aliphatic rings. The van der Waals surface area contributed by atoms with E-state index in [2.05, 4.69) is 63.5 Å². The van der Waals surface area contributed by atoms with Crippen molar-refractivity contribution in [3.63, 3.8) is 0 Å². The number of rotatable bonds is 47. The molecule has 0 fully saturated rings. The van der Waals surface area contributed by atoms with Gasteiger partial charge in [0, 0.05) is 25.8 Å². The number of aliphatic carboxylic acids is 3. The number of phenolic OH excluding ortho intramolecular Hbond substituents is 1. The molecule has 24 N–H and O–H groups in total. The predicted molar refractivity (Wildman–Crippen MR) is 392 cm³/mol. The number of aliphatic imine (C=N–C) groups is 1. The van der Waals surface area contributed by atoms with Gasteiger partial charge in [0.05, 0.1) is 31.4 Å². The van der Waals surface area contributed by atoms with Gasteiger partial charge in [-0.25, -0.2) is 4.79 Å². The molecule has 108 heavy (non-hydrogen) atoms. The molecular formula is C72H106N16O20. The second-order valence-corrected chi connectivity index (χ2v) is 27.3. The van der Waals surface area contributed by atoms with Crippen LogP contribution in [0.25, 0.3) is 0 Å². The van der Waals surface area contributed by atoms with Gasteiger partial charge in [0.25, 0.3) is 0 Å². The average molecular weight is 1520 g/mol. The molecule has 0 aliphatic carbocycles. The third-order valence-corrected chi connectivity index (χ3v) is 17.4. The molecule has 0 saturated heterocycles. The molecule has 36 nitrogen and oxygen atoms in total. The van der Waals surface area contributed by atoms with Crippen LogP contribution >= 0.6 is 0 Å². The Morgan fingerprint density at radius 2 is 0.769 bits per heavy atom. The number of guanidine groups is 1. The third-order valence-electron chi connectivity index (χ3n) is 17.4. The molecule has 36 heteroatoms. The molecular weight excluding hydrogens is 1410 g/mol. The van der Waals surface area contributed by atoms with Crippen LogP contribution in [0.2, 0.25) is 0 Å². The van der Waals surface area contributed by atoms with Crippen LogP contribution in [0.1, 0.15) is 130 Å². The van der Waals surface area contributed by atoms with Crippen molar-refractivity contribution in [2.24, 2.45) is 51.6 Å². The number of carbonyl (C=O) groups is 15. The maximum absolute atomic E-state index is 14.9. The highest BCUT2D eigenvalue weighted by atomic mass is 16.4. The smallest absolute Gasteiger partial charge is 0.326 e. The number of nitrogens with one attached hydrogen (secondary N) is 11. The Morgan fingerprint density at radius 3 is 1.21 bits per heavy atom. The first kappa shape index (κ1) is 90.9. The van der Waals surface area contributed by atoms with Crippen LogP contribution in [0.3, 0.4) is 0 Å². The zero-order valence-electron chi connectivity index (χ0n) is 62.0. The maximum atomic E-state index is 14.9. The highest BCUT2D eigenvalue weighted by molar-refractivity contribution is 6.01. The van der Waals surface area contributed by atoms with E-state index in [0.717, 1.165) is 6.92 Å². The number of primary amides is 1. The second kappa shape index (κ2) is 45.3. The summed E-state index contributed by atoms with van der Waals surface area (Å²) in [6.45, 7) is 14.2. The number of nitrogens with two attached hydrogens (primary N) is 4. The molecule has 0 bridgehead atoms. The predicted octanol–water partition coefficient (Wildman–Crippen LogP) is -2.78. The molecule has 3 rings (SSSR count). The lowest BCUT2D eigenvalue weighted by atomic mass is 9.95. The summed E-state index contributed by atoms with van der Waals surface area (Å²) < 4.78 is 0. The van der Waals surface area contributed by atoms with Gasteiger partial charge in [-0.1, -0.05) is 141 Å². The number of amides is 12. The average Bonchev–Trinajstić information content (AvgIpc) is 0.841. The number of aromatic hydroxyl groups is 1. The molecule has 0 unspecified atom stereocenters. The summed E-state index contributed by atoms with van der Waals surface area (Å²) in [6, 6.07) is 2.33. The van der Waals surface area contributed by atoms with Crippen molar-refractivity contribution in [3.8, 4) is 5.75 Å². The van der Waals surface area contributed by atoms with Crippen molar-refractivity contribution < 1.29 is 97.5 Å². The van der Waals surface area contributed by atoms with Crippen LogP contribution in [0.15, 0.2) is 89.9 Å². The zero-order valence-corrected chi connectivity index (χ0v) is 62.0. The van der Waals surface area contributed by atoms with Crippen molar-refractivity contribution in [1.82, 2.24) is 58.5 Å². The first-order chi connectivity index (χ1) is 50.7. The number of carbonyl (C=O) groups excluding carboxylic acids is 12. The molecule has 594 valence electrons. The molecule has 3 aromatic rings. The summed E-state index contributed by atoms with van der Waals surface area (Å²) in [7, 11) is 0. The first-order valence-electron chi connectivity index (χ1n) is 35.4. The van der Waals surface area contributed by atoms with Crippen molar-refractivity contribution in [1.29, 1.82) is 0 Å². The lowest BCUT2D eigenvalue weighted by Crippen LogP contribution is -2.62. The minimum Gasteiger partial charge on any atom is -0.508 e. The molecule has 0 heterocycles. The van der Waals surface area contributed by atoms with Crippen molar-refractivity contribution in [2.75, 3.05) is 6.54 Å². The number of phenols is 1. The Labute approximate surface area is 625 Å². The van der Waals surface area contributed by atoms with Gasteiger partial charge in [-0.05, 0) is 78.7 Å². The van der Waals surface area contributed by atoms with Gasteiger partial charge < -0.3 is 107 Å². The van der Waals surface area contributed by atoms with Gasteiger partial charge in [0.15, 0.2) is 5.96 Å². The van der Waals surface area contributed by atoms with Gasteiger partial charge in [0.1, 0.15) is 72.2 Å². The fourth-order valence-electron chi connectivity index (χ4n) is 11.0. The van der Waals surface area contributed by atoms with E-state index >= 15 is 0 Å². The fraction of sp³-hybridized carbons (Fsp3) is 0.528. The molecule has 12 amide bonds. The summed E-state index contributed by atoms with van der Waals surface area (Å²) in [6.07, 6.45) is -5.04. The Kier molecular flexibility index (Phi) is 38.1. The van der Waals surface area contributed by atoms with E-state index in [-0.39, 0.29) is 75.5 Å². The Morgan fingerprint density at radius 1 is 0.407 bits per heavy atom. The van der Waals surface area contributed by atoms with Gasteiger partial charge in [-0.3, -0.25) is 72.1 Å². The molecule has 15 atom stereocenters. The maximum Gasteiger partial charge on any atom is 0.326 e. The lowest BCUT2D eigenvalue weighted by molar-refractivity contribution is -0.144. The topological polar surface area (TPSA) is 606 Å². The largest absolute Gasteiger partial charge is 0.508 e. The highest BCUT2D eigenvalue weighted by Crippen LogP contribution is 2.18. The van der Waals surface area contributed by atoms with E-state index < -0.39 is 204 Å². The number of benzene rings is 3. The van der Waals surface area contributed by atoms with Crippen LogP contribution in [-0.4, -0.2) is 205 Å². The lowest BCUT2D eigenvalue weighted by Gasteiger charge is -2.31. The Hall–Kier alpha value is -11.3. The van der Waals surface area contributed by atoms with Crippen LogP contribution in [0.5, 0.6) is 5.75 Å². The standard InChI is InChI=1S/C72H106N16O20/c1-10-38(7)57(68(104)83-51(35-55(94)95)64(100)84-52(71(107)108)32-43-24-26-44(90)27-25-43)86-66(102)49(31-42-21-16-13-17-22-42)80-62(98)48(30-41-19-14-12-15-20-41)79-63(99)50(34-53(74)91)81-61(97)46(23-18-28-77-72(75)76)78-67(103)56(37(5)6)85-65(101)47(29-36(3)4)82-69(105)58(39(8)11-2)87-70(106)59(40(9)89)88-60(96)45(73)33-54(92)93/h12-17,19-22,24-27,36-40,45-52,56-59,89-90H,10-11,18,23,28-35,73H2,1-9H3,(H2,74,91)(H,78,103)(H,79,99)(H,80,98)(H,81,97)(H,82,105)(H,83,104)(H,84,100)(H,85,101)(H,86,102)(H,87,106)(H,88,96)(H,92,93)(H,94,95)(H,107,108)(H4,75,76,77)/t38-,39-,40+,45-,46-,47-,48-,49-,50-,51-,52-,56-,57-,58-,59-/m0/s1. The minimum atomic E-state index is -1.90. The normalized spacial score (nSPS) is 15.3. The molecule has 3 aromatic carbocycles. The zero-order chi connectivity index (χ0) is 81.2. The van der Waals surface area contributed by atoms with E-state index in [4.69, 9.17) is 28.0 Å². The van der Waals surface area contributed by atoms with Gasteiger partial charge >= 0.3 is 17.9 Å². The van der Waals surface area contributed by atoms with Crippen molar-refractivity contribution >= 4 is 94.8 Å². The number of nitrogens with zero attached hydrogens (tertiary/aromatic N) is 1. The first-order valence-corrected chi connectivity index (χ1v) is 35.4. The van der Waals surface area contributed by atoms with Crippen LogP contribution < -0.4 is 81.4 Å². The highest BCUT2D eigenvalue weighted by Gasteiger charge is 2.40. The van der Waals surface area contributed by atoms with Crippen LogP contribution in [0, 0.1) is 23.7 Å². The molecule has 0 spiro atoms. The third kappa shape index (κ3) is 31.8. The minimum absolute atomic E-state index is 0.0122.